The van der Waals surface area contributed by atoms with E-state index in [0.717, 1.165) is 28.7 Å². The summed E-state index contributed by atoms with van der Waals surface area (Å²) in [5.74, 6) is -0.258. The van der Waals surface area contributed by atoms with E-state index in [2.05, 4.69) is 10.8 Å². The summed E-state index contributed by atoms with van der Waals surface area (Å²) in [5, 5.41) is 9.01. The molecule has 0 aliphatic heterocycles. The Balaban J connectivity index is 3.11. The lowest BCUT2D eigenvalue weighted by Gasteiger charge is -2.08. The van der Waals surface area contributed by atoms with Gasteiger partial charge in [0.1, 0.15) is 0 Å². The smallest absolute Gasteiger partial charge is 0.309 e. The lowest BCUT2D eigenvalue weighted by molar-refractivity contribution is -0.139. The Bertz CT molecular complexity index is 444. The summed E-state index contributed by atoms with van der Waals surface area (Å²) in [7, 11) is 1.37. The lowest BCUT2D eigenvalue weighted by Crippen LogP contribution is -2.06. The van der Waals surface area contributed by atoms with Crippen LogP contribution in [0.4, 0.5) is 0 Å². The van der Waals surface area contributed by atoms with Crippen LogP contribution in [0.25, 0.3) is 0 Å². The lowest BCUT2D eigenvalue weighted by atomic mass is 9.96. The third-order valence-corrected chi connectivity index (χ3v) is 2.55. The molecule has 0 bridgehead atoms. The largest absolute Gasteiger partial charge is 0.469 e. The van der Waals surface area contributed by atoms with Crippen molar-refractivity contribution in [1.29, 1.82) is 5.26 Å². The molecule has 1 aromatic carbocycles. The molecule has 0 fully saturated rings. The van der Waals surface area contributed by atoms with Gasteiger partial charge in [-0.1, -0.05) is 19.1 Å². The third kappa shape index (κ3) is 2.60. The second-order valence-electron chi connectivity index (χ2n) is 3.67. The maximum atomic E-state index is 11.2. The molecule has 0 saturated carbocycles. The molecule has 0 aliphatic rings. The second-order valence-corrected chi connectivity index (χ2v) is 3.67. The molecule has 0 radical (unpaired) electrons. The average Bonchev–Trinajstić information content (AvgIpc) is 2.28. The number of aryl methyl sites for hydroxylation is 2. The molecule has 3 nitrogen and oxygen atoms in total. The highest BCUT2D eigenvalue weighted by molar-refractivity contribution is 5.72. The van der Waals surface area contributed by atoms with E-state index in [1.165, 1.54) is 7.11 Å². The standard InChI is InChI=1S/C13H15NO2/c1-4-11-6-10(7-13(15)16-3)5-9(2)12(11)8-14/h5-6H,4,7H2,1-3H3. The van der Waals surface area contributed by atoms with E-state index in [1.54, 1.807) is 0 Å². The Kier molecular flexibility index (Phi) is 4.07. The maximum Gasteiger partial charge on any atom is 0.309 e. The number of carbonyl (C=O) groups excluding carboxylic acids is 1. The maximum absolute atomic E-state index is 11.2. The summed E-state index contributed by atoms with van der Waals surface area (Å²) < 4.78 is 4.62. The van der Waals surface area contributed by atoms with Crippen LogP contribution in [-0.4, -0.2) is 13.1 Å². The van der Waals surface area contributed by atoms with Crippen LogP contribution < -0.4 is 0 Å². The summed E-state index contributed by atoms with van der Waals surface area (Å²) in [4.78, 5) is 11.2. The van der Waals surface area contributed by atoms with E-state index in [4.69, 9.17) is 5.26 Å². The summed E-state index contributed by atoms with van der Waals surface area (Å²) in [6.07, 6.45) is 1.05. The van der Waals surface area contributed by atoms with Crippen molar-refractivity contribution in [1.82, 2.24) is 0 Å². The number of nitriles is 1. The van der Waals surface area contributed by atoms with Gasteiger partial charge >= 0.3 is 5.97 Å². The Morgan fingerprint density at radius 3 is 2.69 bits per heavy atom. The first kappa shape index (κ1) is 12.3. The Morgan fingerprint density at radius 1 is 1.50 bits per heavy atom. The monoisotopic (exact) mass is 217 g/mol. The van der Waals surface area contributed by atoms with E-state index < -0.39 is 0 Å². The zero-order valence-electron chi connectivity index (χ0n) is 9.83. The summed E-state index contributed by atoms with van der Waals surface area (Å²) in [6.45, 7) is 3.88. The van der Waals surface area contributed by atoms with E-state index in [1.807, 2.05) is 26.0 Å². The predicted octanol–water partition coefficient (Wildman–Crippen LogP) is 2.14. The highest BCUT2D eigenvalue weighted by Gasteiger charge is 2.09. The minimum atomic E-state index is -0.258. The number of rotatable bonds is 3. The van der Waals surface area contributed by atoms with Crippen molar-refractivity contribution in [3.63, 3.8) is 0 Å². The molecule has 0 heterocycles. The quantitative estimate of drug-likeness (QED) is 0.729. The Hall–Kier alpha value is -1.82. The van der Waals surface area contributed by atoms with Crippen LogP contribution in [0.5, 0.6) is 0 Å². The number of carbonyl (C=O) groups is 1. The molecule has 0 aromatic heterocycles. The molecule has 84 valence electrons. The summed E-state index contributed by atoms with van der Waals surface area (Å²) in [5.41, 5.74) is 3.53. The van der Waals surface area contributed by atoms with Crippen LogP contribution in [0.3, 0.4) is 0 Å². The molecule has 0 N–H and O–H groups in total. The molecular formula is C13H15NO2. The first-order valence-electron chi connectivity index (χ1n) is 5.21. The first-order chi connectivity index (χ1) is 7.62. The van der Waals surface area contributed by atoms with Gasteiger partial charge in [-0.15, -0.1) is 0 Å². The number of nitrogens with zero attached hydrogens (tertiary/aromatic N) is 1. The van der Waals surface area contributed by atoms with Crippen LogP contribution in [0.2, 0.25) is 0 Å². The normalized spacial score (nSPS) is 9.62. The minimum absolute atomic E-state index is 0.258. The Labute approximate surface area is 95.7 Å². The molecule has 1 rings (SSSR count). The van der Waals surface area contributed by atoms with Gasteiger partial charge in [0.05, 0.1) is 25.2 Å². The van der Waals surface area contributed by atoms with Crippen molar-refractivity contribution in [3.8, 4) is 6.07 Å². The minimum Gasteiger partial charge on any atom is -0.469 e. The molecule has 0 aliphatic carbocycles. The molecule has 0 amide bonds. The predicted molar refractivity (Wildman–Crippen MR) is 61.0 cm³/mol. The average molecular weight is 217 g/mol. The van der Waals surface area contributed by atoms with Crippen molar-refractivity contribution in [2.75, 3.05) is 7.11 Å². The fraction of sp³-hybridized carbons (Fsp3) is 0.385. The van der Waals surface area contributed by atoms with Crippen molar-refractivity contribution < 1.29 is 9.53 Å². The van der Waals surface area contributed by atoms with Gasteiger partial charge in [-0.25, -0.2) is 0 Å². The van der Waals surface area contributed by atoms with Crippen molar-refractivity contribution in [2.45, 2.75) is 26.7 Å². The first-order valence-corrected chi connectivity index (χ1v) is 5.21. The highest BCUT2D eigenvalue weighted by Crippen LogP contribution is 2.17. The van der Waals surface area contributed by atoms with Crippen LogP contribution >= 0.6 is 0 Å². The number of methoxy groups -OCH3 is 1. The molecule has 3 heteroatoms. The fourth-order valence-corrected chi connectivity index (χ4v) is 1.72. The van der Waals surface area contributed by atoms with Crippen LogP contribution in [0.15, 0.2) is 12.1 Å². The topological polar surface area (TPSA) is 50.1 Å². The molecule has 0 unspecified atom stereocenters. The molecule has 0 saturated heterocycles. The van der Waals surface area contributed by atoms with Gasteiger partial charge in [0, 0.05) is 0 Å². The number of ether oxygens (including phenoxy) is 1. The van der Waals surface area contributed by atoms with Crippen LogP contribution in [-0.2, 0) is 22.4 Å². The van der Waals surface area contributed by atoms with Gasteiger partial charge < -0.3 is 4.74 Å². The SMILES string of the molecule is CCc1cc(CC(=O)OC)cc(C)c1C#N. The van der Waals surface area contributed by atoms with Crippen LogP contribution in [0.1, 0.15) is 29.2 Å². The third-order valence-electron chi connectivity index (χ3n) is 2.55. The van der Waals surface area contributed by atoms with Crippen molar-refractivity contribution in [2.24, 2.45) is 0 Å². The second kappa shape index (κ2) is 5.32. The van der Waals surface area contributed by atoms with E-state index in [9.17, 15) is 4.79 Å². The van der Waals surface area contributed by atoms with Crippen LogP contribution in [0, 0.1) is 18.3 Å². The van der Waals surface area contributed by atoms with E-state index in [-0.39, 0.29) is 12.4 Å². The molecular weight excluding hydrogens is 202 g/mol. The number of hydrogen-bond acceptors (Lipinski definition) is 3. The summed E-state index contributed by atoms with van der Waals surface area (Å²) in [6, 6.07) is 5.97. The van der Waals surface area contributed by atoms with Gasteiger partial charge in [0.25, 0.3) is 0 Å². The molecule has 1 aromatic rings. The van der Waals surface area contributed by atoms with Gasteiger partial charge in [-0.05, 0) is 30.0 Å². The number of hydrogen-bond donors (Lipinski definition) is 0. The fourth-order valence-electron chi connectivity index (χ4n) is 1.72. The van der Waals surface area contributed by atoms with Gasteiger partial charge in [-0.2, -0.15) is 5.26 Å². The Morgan fingerprint density at radius 2 is 2.19 bits per heavy atom. The number of benzene rings is 1. The van der Waals surface area contributed by atoms with E-state index in [0.29, 0.717) is 0 Å². The van der Waals surface area contributed by atoms with Gasteiger partial charge in [-0.3, -0.25) is 4.79 Å². The zero-order valence-corrected chi connectivity index (χ0v) is 9.83. The van der Waals surface area contributed by atoms with E-state index >= 15 is 0 Å². The summed E-state index contributed by atoms with van der Waals surface area (Å²) >= 11 is 0. The molecule has 0 atom stereocenters. The zero-order chi connectivity index (χ0) is 12.1. The number of esters is 1. The molecule has 0 spiro atoms. The van der Waals surface area contributed by atoms with Crippen molar-refractivity contribution >= 4 is 5.97 Å². The molecule has 16 heavy (non-hydrogen) atoms. The van der Waals surface area contributed by atoms with Crippen molar-refractivity contribution in [3.05, 3.63) is 34.4 Å². The van der Waals surface area contributed by atoms with Gasteiger partial charge in [0.15, 0.2) is 0 Å². The van der Waals surface area contributed by atoms with Gasteiger partial charge in [0.2, 0.25) is 0 Å². The highest BCUT2D eigenvalue weighted by atomic mass is 16.5.